The molecule has 5 heteroatoms. The third kappa shape index (κ3) is 5.94. The fraction of sp³-hybridized carbons (Fsp3) is 0.500. The molecule has 1 aromatic rings. The number of aliphatic imine (C=N–C) groups is 1. The lowest BCUT2D eigenvalue weighted by Gasteiger charge is -2.15. The van der Waals surface area contributed by atoms with Gasteiger partial charge in [0.25, 0.3) is 0 Å². The van der Waals surface area contributed by atoms with Crippen molar-refractivity contribution in [1.29, 1.82) is 0 Å². The molecule has 2 rings (SSSR count). The third-order valence-corrected chi connectivity index (χ3v) is 3.66. The molecule has 0 spiro atoms. The molecule has 23 heavy (non-hydrogen) atoms. The van der Waals surface area contributed by atoms with Crippen molar-refractivity contribution in [1.82, 2.24) is 5.32 Å². The van der Waals surface area contributed by atoms with Crippen molar-refractivity contribution in [2.75, 3.05) is 19.8 Å². The van der Waals surface area contributed by atoms with Gasteiger partial charge < -0.3 is 20.5 Å². The van der Waals surface area contributed by atoms with Crippen LogP contribution in [0.15, 0.2) is 35.3 Å². The normalized spacial score (nSPS) is 18.0. The van der Waals surface area contributed by atoms with Crippen LogP contribution >= 0.6 is 0 Å². The van der Waals surface area contributed by atoms with Gasteiger partial charge in [0.1, 0.15) is 12.4 Å². The molecule has 0 aromatic heterocycles. The molecule has 5 nitrogen and oxygen atoms in total. The van der Waals surface area contributed by atoms with E-state index < -0.39 is 0 Å². The minimum Gasteiger partial charge on any atom is -0.491 e. The van der Waals surface area contributed by atoms with Gasteiger partial charge in [0, 0.05) is 18.7 Å². The van der Waals surface area contributed by atoms with Crippen LogP contribution in [0.5, 0.6) is 5.75 Å². The van der Waals surface area contributed by atoms with E-state index in [1.807, 2.05) is 19.1 Å². The summed E-state index contributed by atoms with van der Waals surface area (Å²) in [5.74, 6) is 1.27. The topological polar surface area (TPSA) is 68.9 Å². The molecule has 1 unspecified atom stereocenters. The van der Waals surface area contributed by atoms with Gasteiger partial charge in [-0.05, 0) is 38.3 Å². The number of aryl methyl sites for hydroxylation is 1. The van der Waals surface area contributed by atoms with E-state index in [0.717, 1.165) is 41.9 Å². The van der Waals surface area contributed by atoms with Gasteiger partial charge >= 0.3 is 0 Å². The van der Waals surface area contributed by atoms with Crippen LogP contribution in [-0.4, -0.2) is 31.8 Å². The van der Waals surface area contributed by atoms with E-state index in [-0.39, 0.29) is 6.10 Å². The molecule has 1 aliphatic rings. The summed E-state index contributed by atoms with van der Waals surface area (Å²) in [6.07, 6.45) is 2.38. The molecule has 1 atom stereocenters. The molecule has 3 N–H and O–H groups in total. The molecule has 0 saturated carbocycles. The SMILES string of the molecule is C=C(C)CNC(N)=NCc1ccc(C)cc1OCC1CCCO1. The average molecular weight is 317 g/mol. The van der Waals surface area contributed by atoms with Crippen LogP contribution in [0.4, 0.5) is 0 Å². The van der Waals surface area contributed by atoms with Gasteiger partial charge in [-0.2, -0.15) is 0 Å². The Labute approximate surface area is 138 Å². The van der Waals surface area contributed by atoms with E-state index in [4.69, 9.17) is 15.2 Å². The summed E-state index contributed by atoms with van der Waals surface area (Å²) in [7, 11) is 0. The van der Waals surface area contributed by atoms with E-state index in [2.05, 4.69) is 29.9 Å². The molecule has 1 aromatic carbocycles. The van der Waals surface area contributed by atoms with Crippen LogP contribution in [0.25, 0.3) is 0 Å². The Morgan fingerprint density at radius 2 is 2.35 bits per heavy atom. The Morgan fingerprint density at radius 1 is 1.52 bits per heavy atom. The van der Waals surface area contributed by atoms with E-state index in [1.54, 1.807) is 0 Å². The van der Waals surface area contributed by atoms with Crippen LogP contribution in [0.2, 0.25) is 0 Å². The van der Waals surface area contributed by atoms with Crippen molar-refractivity contribution in [2.45, 2.75) is 39.3 Å². The molecule has 0 aliphatic carbocycles. The van der Waals surface area contributed by atoms with E-state index in [0.29, 0.717) is 25.7 Å². The Bertz CT molecular complexity index is 563. The number of nitrogens with zero attached hydrogens (tertiary/aromatic N) is 1. The number of benzene rings is 1. The molecule has 1 fully saturated rings. The van der Waals surface area contributed by atoms with Gasteiger partial charge in [-0.3, -0.25) is 0 Å². The molecule has 126 valence electrons. The van der Waals surface area contributed by atoms with Crippen LogP contribution < -0.4 is 15.8 Å². The van der Waals surface area contributed by atoms with Crippen molar-refractivity contribution >= 4 is 5.96 Å². The Balaban J connectivity index is 1.96. The third-order valence-electron chi connectivity index (χ3n) is 3.66. The first-order chi connectivity index (χ1) is 11.0. The van der Waals surface area contributed by atoms with Crippen LogP contribution in [0.1, 0.15) is 30.9 Å². The minimum absolute atomic E-state index is 0.203. The maximum Gasteiger partial charge on any atom is 0.189 e. The first-order valence-electron chi connectivity index (χ1n) is 8.06. The van der Waals surface area contributed by atoms with E-state index in [9.17, 15) is 0 Å². The molecule has 1 saturated heterocycles. The number of nitrogens with one attached hydrogen (secondary N) is 1. The standard InChI is InChI=1S/C18H27N3O2/c1-13(2)10-20-18(19)21-11-15-7-6-14(3)9-17(15)23-12-16-5-4-8-22-16/h6-7,9,16H,1,4-5,8,10-12H2,2-3H3,(H3,19,20,21). The number of hydrogen-bond acceptors (Lipinski definition) is 3. The average Bonchev–Trinajstić information content (AvgIpc) is 3.03. The monoisotopic (exact) mass is 317 g/mol. The summed E-state index contributed by atoms with van der Waals surface area (Å²) in [6.45, 7) is 10.4. The highest BCUT2D eigenvalue weighted by molar-refractivity contribution is 5.78. The predicted molar refractivity (Wildman–Crippen MR) is 93.8 cm³/mol. The number of guanidine groups is 1. The zero-order chi connectivity index (χ0) is 16.7. The molecule has 0 amide bonds. The summed E-state index contributed by atoms with van der Waals surface area (Å²) >= 11 is 0. The van der Waals surface area contributed by atoms with Crippen molar-refractivity contribution in [3.8, 4) is 5.75 Å². The highest BCUT2D eigenvalue weighted by atomic mass is 16.5. The summed E-state index contributed by atoms with van der Waals surface area (Å²) in [4.78, 5) is 4.37. The second-order valence-electron chi connectivity index (χ2n) is 6.07. The van der Waals surface area contributed by atoms with Crippen molar-refractivity contribution < 1.29 is 9.47 Å². The Kier molecular flexibility index (Phi) is 6.47. The van der Waals surface area contributed by atoms with Gasteiger partial charge in [0.05, 0.1) is 12.6 Å². The van der Waals surface area contributed by atoms with Crippen LogP contribution in [-0.2, 0) is 11.3 Å². The molecular weight excluding hydrogens is 290 g/mol. The maximum absolute atomic E-state index is 5.96. The summed E-state index contributed by atoms with van der Waals surface area (Å²) in [6, 6.07) is 6.13. The van der Waals surface area contributed by atoms with E-state index in [1.165, 1.54) is 0 Å². The first-order valence-corrected chi connectivity index (χ1v) is 8.06. The van der Waals surface area contributed by atoms with Crippen molar-refractivity contribution in [3.05, 3.63) is 41.5 Å². The van der Waals surface area contributed by atoms with Gasteiger partial charge in [0.15, 0.2) is 5.96 Å². The molecule has 1 aliphatic heterocycles. The lowest BCUT2D eigenvalue weighted by Crippen LogP contribution is -2.32. The lowest BCUT2D eigenvalue weighted by molar-refractivity contribution is 0.0676. The van der Waals surface area contributed by atoms with Gasteiger partial charge in [0.2, 0.25) is 0 Å². The summed E-state index contributed by atoms with van der Waals surface area (Å²) in [5, 5.41) is 3.03. The predicted octanol–water partition coefficient (Wildman–Crippen LogP) is 2.53. The minimum atomic E-state index is 0.203. The second-order valence-corrected chi connectivity index (χ2v) is 6.07. The quantitative estimate of drug-likeness (QED) is 0.461. The number of ether oxygens (including phenoxy) is 2. The first kappa shape index (κ1) is 17.3. The summed E-state index contributed by atoms with van der Waals surface area (Å²) < 4.78 is 11.6. The fourth-order valence-corrected chi connectivity index (χ4v) is 2.35. The van der Waals surface area contributed by atoms with Gasteiger partial charge in [-0.25, -0.2) is 4.99 Å². The molecular formula is C18H27N3O2. The highest BCUT2D eigenvalue weighted by Crippen LogP contribution is 2.23. The fourth-order valence-electron chi connectivity index (χ4n) is 2.35. The number of hydrogen-bond donors (Lipinski definition) is 2. The Morgan fingerprint density at radius 3 is 3.04 bits per heavy atom. The highest BCUT2D eigenvalue weighted by Gasteiger charge is 2.16. The Hall–Kier alpha value is -2.01. The van der Waals surface area contributed by atoms with Gasteiger partial charge in [-0.1, -0.05) is 24.3 Å². The smallest absolute Gasteiger partial charge is 0.189 e. The largest absolute Gasteiger partial charge is 0.491 e. The van der Waals surface area contributed by atoms with Crippen LogP contribution in [0.3, 0.4) is 0 Å². The number of nitrogens with two attached hydrogens (primary N) is 1. The lowest BCUT2D eigenvalue weighted by atomic mass is 10.1. The molecule has 0 bridgehead atoms. The van der Waals surface area contributed by atoms with Crippen molar-refractivity contribution in [3.63, 3.8) is 0 Å². The van der Waals surface area contributed by atoms with Crippen LogP contribution in [0, 0.1) is 6.92 Å². The van der Waals surface area contributed by atoms with Crippen molar-refractivity contribution in [2.24, 2.45) is 10.7 Å². The molecule has 1 heterocycles. The zero-order valence-electron chi connectivity index (χ0n) is 14.1. The van der Waals surface area contributed by atoms with E-state index >= 15 is 0 Å². The second kappa shape index (κ2) is 8.58. The van der Waals surface area contributed by atoms with Gasteiger partial charge in [-0.15, -0.1) is 0 Å². The zero-order valence-corrected chi connectivity index (χ0v) is 14.1. The number of rotatable bonds is 7. The maximum atomic E-state index is 5.96. The molecule has 0 radical (unpaired) electrons. The summed E-state index contributed by atoms with van der Waals surface area (Å²) in [5.41, 5.74) is 9.06.